The van der Waals surface area contributed by atoms with Crippen molar-refractivity contribution in [1.29, 1.82) is 0 Å². The van der Waals surface area contributed by atoms with Gasteiger partial charge in [-0.1, -0.05) is 11.6 Å². The number of anilines is 1. The van der Waals surface area contributed by atoms with Gasteiger partial charge in [-0.3, -0.25) is 14.5 Å². The number of carbonyl (C=O) groups excluding carboxylic acids is 2. The van der Waals surface area contributed by atoms with Gasteiger partial charge in [-0.25, -0.2) is 18.2 Å². The second-order valence-corrected chi connectivity index (χ2v) is 8.59. The first-order valence-corrected chi connectivity index (χ1v) is 11.3. The van der Waals surface area contributed by atoms with E-state index in [0.29, 0.717) is 5.02 Å². The Morgan fingerprint density at radius 1 is 1.14 bits per heavy atom. The summed E-state index contributed by atoms with van der Waals surface area (Å²) in [6.07, 6.45) is 0. The zero-order valence-electron chi connectivity index (χ0n) is 19.0. The van der Waals surface area contributed by atoms with Crippen LogP contribution in [0, 0.1) is 23.4 Å². The maximum absolute atomic E-state index is 15.0. The lowest BCUT2D eigenvalue weighted by atomic mass is 9.87. The molecular formula is C25H21ClF3N3O4. The highest BCUT2D eigenvalue weighted by Crippen LogP contribution is 2.39. The third-order valence-electron chi connectivity index (χ3n) is 6.00. The highest BCUT2D eigenvalue weighted by atomic mass is 35.5. The van der Waals surface area contributed by atoms with Crippen LogP contribution in [0.25, 0.3) is 0 Å². The van der Waals surface area contributed by atoms with E-state index < -0.39 is 53.3 Å². The molecule has 2 atom stereocenters. The second-order valence-electron chi connectivity index (χ2n) is 8.15. The van der Waals surface area contributed by atoms with E-state index in [1.807, 2.05) is 0 Å². The largest absolute Gasteiger partial charge is 0.497 e. The van der Waals surface area contributed by atoms with Crippen LogP contribution in [0.4, 0.5) is 19.0 Å². The Kier molecular flexibility index (Phi) is 7.46. The normalized spacial score (nSPS) is 17.4. The summed E-state index contributed by atoms with van der Waals surface area (Å²) < 4.78 is 49.5. The number of rotatable bonds is 7. The summed E-state index contributed by atoms with van der Waals surface area (Å²) in [6, 6.07) is 10.3. The molecule has 1 unspecified atom stereocenters. The molecule has 1 aliphatic rings. The van der Waals surface area contributed by atoms with Crippen LogP contribution in [-0.4, -0.2) is 42.1 Å². The highest BCUT2D eigenvalue weighted by molar-refractivity contribution is 6.30. The number of benzene rings is 2. The molecule has 1 aliphatic heterocycles. The fourth-order valence-corrected chi connectivity index (χ4v) is 4.31. The molecule has 3 aromatic rings. The van der Waals surface area contributed by atoms with Gasteiger partial charge in [-0.2, -0.15) is 0 Å². The minimum absolute atomic E-state index is 0.0501. The highest BCUT2D eigenvalue weighted by Gasteiger charge is 2.45. The van der Waals surface area contributed by atoms with Crippen molar-refractivity contribution in [2.75, 3.05) is 25.1 Å². The van der Waals surface area contributed by atoms with E-state index in [9.17, 15) is 19.1 Å². The molecule has 0 saturated carbocycles. The third kappa shape index (κ3) is 5.00. The number of hydrogen-bond acceptors (Lipinski definition) is 5. The van der Waals surface area contributed by atoms with Crippen molar-refractivity contribution in [3.63, 3.8) is 0 Å². The fraction of sp³-hybridized carbons (Fsp3) is 0.240. The molecule has 1 aromatic heterocycles. The van der Waals surface area contributed by atoms with Gasteiger partial charge < -0.3 is 15.2 Å². The van der Waals surface area contributed by atoms with Gasteiger partial charge in [0.2, 0.25) is 5.91 Å². The van der Waals surface area contributed by atoms with E-state index in [0.717, 1.165) is 23.1 Å². The Bertz CT molecular complexity index is 1280. The van der Waals surface area contributed by atoms with Gasteiger partial charge in [-0.05, 0) is 36.4 Å². The summed E-state index contributed by atoms with van der Waals surface area (Å²) in [6.45, 7) is -1.09. The maximum Gasteiger partial charge on any atom is 0.251 e. The molecular weight excluding hydrogens is 499 g/mol. The molecule has 2 amide bonds. The molecule has 0 spiro atoms. The van der Waals surface area contributed by atoms with Crippen molar-refractivity contribution in [1.82, 2.24) is 10.3 Å². The Balaban J connectivity index is 1.69. The number of ether oxygens (including phenoxy) is 1. The number of hydrogen-bond donors (Lipinski definition) is 2. The van der Waals surface area contributed by atoms with Crippen LogP contribution in [-0.2, 0) is 11.4 Å². The molecule has 0 bridgehead atoms. The topological polar surface area (TPSA) is 91.8 Å². The Labute approximate surface area is 209 Å². The van der Waals surface area contributed by atoms with Crippen LogP contribution in [0.1, 0.15) is 27.5 Å². The number of aliphatic hydroxyl groups is 1. The molecule has 4 rings (SSSR count). The zero-order valence-corrected chi connectivity index (χ0v) is 19.7. The lowest BCUT2D eigenvalue weighted by Crippen LogP contribution is -2.36. The number of halogens is 4. The van der Waals surface area contributed by atoms with E-state index >= 15 is 8.78 Å². The van der Waals surface area contributed by atoms with E-state index in [4.69, 9.17) is 16.3 Å². The molecule has 2 N–H and O–H groups in total. The minimum atomic E-state index is -1.14. The maximum atomic E-state index is 15.0. The van der Waals surface area contributed by atoms with E-state index in [2.05, 4.69) is 10.3 Å². The molecule has 36 heavy (non-hydrogen) atoms. The SMILES string of the molecule is COc1cc(F)c([C@@H]2CN(c3nc(CO)ccc3F)C(=O)C2CNC(=O)c2ccc(Cl)cc2)c(F)c1. The minimum Gasteiger partial charge on any atom is -0.497 e. The molecule has 188 valence electrons. The van der Waals surface area contributed by atoms with Crippen LogP contribution in [0.2, 0.25) is 5.02 Å². The van der Waals surface area contributed by atoms with Gasteiger partial charge in [0.15, 0.2) is 11.6 Å². The average Bonchev–Trinajstić information content (AvgIpc) is 3.18. The van der Waals surface area contributed by atoms with E-state index in [-0.39, 0.29) is 35.9 Å². The Morgan fingerprint density at radius 2 is 1.81 bits per heavy atom. The molecule has 0 aliphatic carbocycles. The molecule has 2 aromatic carbocycles. The summed E-state index contributed by atoms with van der Waals surface area (Å²) in [5.74, 6) is -6.61. The lowest BCUT2D eigenvalue weighted by molar-refractivity contribution is -0.120. The Morgan fingerprint density at radius 3 is 2.42 bits per heavy atom. The van der Waals surface area contributed by atoms with Crippen molar-refractivity contribution >= 4 is 29.2 Å². The number of aliphatic hydroxyl groups excluding tert-OH is 1. The quantitative estimate of drug-likeness (QED) is 0.495. The first-order valence-electron chi connectivity index (χ1n) is 10.9. The third-order valence-corrected chi connectivity index (χ3v) is 6.25. The second kappa shape index (κ2) is 10.5. The number of nitrogens with one attached hydrogen (secondary N) is 1. The summed E-state index contributed by atoms with van der Waals surface area (Å²) in [5, 5.41) is 12.4. The lowest BCUT2D eigenvalue weighted by Gasteiger charge is -2.19. The monoisotopic (exact) mass is 519 g/mol. The van der Waals surface area contributed by atoms with Crippen LogP contribution < -0.4 is 15.0 Å². The summed E-state index contributed by atoms with van der Waals surface area (Å²) in [7, 11) is 1.26. The number of aromatic nitrogens is 1. The van der Waals surface area contributed by atoms with E-state index in [1.54, 1.807) is 0 Å². The molecule has 7 nitrogen and oxygen atoms in total. The molecule has 11 heteroatoms. The molecule has 1 saturated heterocycles. The van der Waals surface area contributed by atoms with Crippen molar-refractivity contribution in [3.8, 4) is 5.75 Å². The van der Waals surface area contributed by atoms with Gasteiger partial charge in [0.05, 0.1) is 25.3 Å². The first kappa shape index (κ1) is 25.5. The summed E-state index contributed by atoms with van der Waals surface area (Å²) in [5.41, 5.74) is -0.0171. The summed E-state index contributed by atoms with van der Waals surface area (Å²) in [4.78, 5) is 31.0. The predicted molar refractivity (Wildman–Crippen MR) is 125 cm³/mol. The first-order chi connectivity index (χ1) is 17.2. The smallest absolute Gasteiger partial charge is 0.251 e. The van der Waals surface area contributed by atoms with Gasteiger partial charge >= 0.3 is 0 Å². The van der Waals surface area contributed by atoms with Gasteiger partial charge in [0.25, 0.3) is 5.91 Å². The number of nitrogens with zero attached hydrogens (tertiary/aromatic N) is 2. The summed E-state index contributed by atoms with van der Waals surface area (Å²) >= 11 is 5.85. The van der Waals surface area contributed by atoms with Crippen molar-refractivity contribution in [3.05, 3.63) is 87.8 Å². The van der Waals surface area contributed by atoms with Crippen molar-refractivity contribution < 1.29 is 32.6 Å². The number of pyridine rings is 1. The Hall–Kier alpha value is -3.63. The molecule has 1 fully saturated rings. The van der Waals surface area contributed by atoms with Crippen LogP contribution >= 0.6 is 11.6 Å². The number of carbonyl (C=O) groups is 2. The van der Waals surface area contributed by atoms with Gasteiger partial charge in [0, 0.05) is 47.3 Å². The van der Waals surface area contributed by atoms with Crippen molar-refractivity contribution in [2.45, 2.75) is 12.5 Å². The molecule has 2 heterocycles. The van der Waals surface area contributed by atoms with Crippen molar-refractivity contribution in [2.24, 2.45) is 5.92 Å². The number of methoxy groups -OCH3 is 1. The predicted octanol–water partition coefficient (Wildman–Crippen LogP) is 3.83. The van der Waals surface area contributed by atoms with Gasteiger partial charge in [0.1, 0.15) is 17.4 Å². The zero-order chi connectivity index (χ0) is 26.0. The number of amides is 2. The average molecular weight is 520 g/mol. The van der Waals surface area contributed by atoms with Crippen LogP contribution in [0.15, 0.2) is 48.5 Å². The van der Waals surface area contributed by atoms with Gasteiger partial charge in [-0.15, -0.1) is 0 Å². The van der Waals surface area contributed by atoms with E-state index in [1.165, 1.54) is 37.4 Å². The molecule has 0 radical (unpaired) electrons. The fourth-order valence-electron chi connectivity index (χ4n) is 4.19. The van der Waals surface area contributed by atoms with Crippen LogP contribution in [0.3, 0.4) is 0 Å². The standard InChI is InChI=1S/C25H21ClF3N3O4/c1-36-16-8-20(28)22(21(29)9-16)18-11-32(23-19(27)7-6-15(12-33)31-23)25(35)17(18)10-30-24(34)13-2-4-14(26)5-3-13/h2-9,17-18,33H,10-12H2,1H3,(H,30,34)/t17?,18-/m1/s1. The van der Waals surface area contributed by atoms with Crippen LogP contribution in [0.5, 0.6) is 5.75 Å².